The van der Waals surface area contributed by atoms with Crippen LogP contribution in [0.3, 0.4) is 0 Å². The van der Waals surface area contributed by atoms with Crippen molar-refractivity contribution in [2.45, 2.75) is 19.9 Å². The second kappa shape index (κ2) is 6.22. The van der Waals surface area contributed by atoms with E-state index in [1.807, 2.05) is 31.2 Å². The Morgan fingerprint density at radius 3 is 2.63 bits per heavy atom. The molecular formula is C16H18BrNO. The number of ether oxygens (including phenoxy) is 1. The lowest BCUT2D eigenvalue weighted by molar-refractivity contribution is 0.340. The molecule has 0 spiro atoms. The summed E-state index contributed by atoms with van der Waals surface area (Å²) in [5, 5.41) is 0. The van der Waals surface area contributed by atoms with Gasteiger partial charge < -0.3 is 10.5 Å². The molecule has 0 amide bonds. The van der Waals surface area contributed by atoms with Gasteiger partial charge in [-0.15, -0.1) is 0 Å². The highest BCUT2D eigenvalue weighted by Gasteiger charge is 2.13. The first kappa shape index (κ1) is 14.1. The van der Waals surface area contributed by atoms with Gasteiger partial charge in [0.1, 0.15) is 5.75 Å². The molecule has 0 saturated carbocycles. The van der Waals surface area contributed by atoms with Crippen molar-refractivity contribution in [3.63, 3.8) is 0 Å². The fraction of sp³-hybridized carbons (Fsp3) is 0.250. The highest BCUT2D eigenvalue weighted by Crippen LogP contribution is 2.30. The van der Waals surface area contributed by atoms with Gasteiger partial charge in [0.25, 0.3) is 0 Å². The summed E-state index contributed by atoms with van der Waals surface area (Å²) in [6, 6.07) is 14.1. The van der Waals surface area contributed by atoms with E-state index in [4.69, 9.17) is 10.5 Å². The lowest BCUT2D eigenvalue weighted by atomic mass is 9.98. The van der Waals surface area contributed by atoms with Gasteiger partial charge in [-0.25, -0.2) is 0 Å². The average molecular weight is 320 g/mol. The molecule has 0 fully saturated rings. The fourth-order valence-electron chi connectivity index (χ4n) is 2.06. The SMILES string of the molecule is CCOc1ccc(C(N)c2cccc(C)c2)c(Br)c1. The first-order valence-electron chi connectivity index (χ1n) is 6.36. The molecular weight excluding hydrogens is 302 g/mol. The fourth-order valence-corrected chi connectivity index (χ4v) is 2.66. The van der Waals surface area contributed by atoms with E-state index in [0.29, 0.717) is 6.61 Å². The van der Waals surface area contributed by atoms with Crippen LogP contribution in [0.2, 0.25) is 0 Å². The summed E-state index contributed by atoms with van der Waals surface area (Å²) >= 11 is 3.57. The lowest BCUT2D eigenvalue weighted by Gasteiger charge is -2.16. The Bertz CT molecular complexity index is 568. The minimum absolute atomic E-state index is 0.134. The van der Waals surface area contributed by atoms with Crippen molar-refractivity contribution >= 4 is 15.9 Å². The van der Waals surface area contributed by atoms with E-state index in [1.165, 1.54) is 5.56 Å². The van der Waals surface area contributed by atoms with E-state index < -0.39 is 0 Å². The van der Waals surface area contributed by atoms with Crippen LogP contribution in [0.25, 0.3) is 0 Å². The molecule has 2 aromatic rings. The molecule has 2 rings (SSSR count). The van der Waals surface area contributed by atoms with E-state index in [-0.39, 0.29) is 6.04 Å². The van der Waals surface area contributed by atoms with Crippen molar-refractivity contribution in [1.29, 1.82) is 0 Å². The predicted octanol–water partition coefficient (Wildman–Crippen LogP) is 4.20. The predicted molar refractivity (Wildman–Crippen MR) is 82.5 cm³/mol. The smallest absolute Gasteiger partial charge is 0.120 e. The van der Waals surface area contributed by atoms with Gasteiger partial charge in [-0.05, 0) is 37.1 Å². The molecule has 1 atom stereocenters. The van der Waals surface area contributed by atoms with Gasteiger partial charge in [0.05, 0.1) is 12.6 Å². The van der Waals surface area contributed by atoms with Crippen LogP contribution in [0.15, 0.2) is 46.9 Å². The number of hydrogen-bond donors (Lipinski definition) is 1. The van der Waals surface area contributed by atoms with E-state index in [2.05, 4.69) is 41.1 Å². The molecule has 0 heterocycles. The largest absolute Gasteiger partial charge is 0.494 e. The molecule has 0 aliphatic heterocycles. The van der Waals surface area contributed by atoms with Crippen LogP contribution in [0.5, 0.6) is 5.75 Å². The van der Waals surface area contributed by atoms with Gasteiger partial charge in [0.2, 0.25) is 0 Å². The minimum Gasteiger partial charge on any atom is -0.494 e. The third-order valence-electron chi connectivity index (χ3n) is 3.02. The highest BCUT2D eigenvalue weighted by atomic mass is 79.9. The zero-order valence-electron chi connectivity index (χ0n) is 11.2. The molecule has 2 N–H and O–H groups in total. The number of hydrogen-bond acceptors (Lipinski definition) is 2. The van der Waals surface area contributed by atoms with Crippen LogP contribution in [0.4, 0.5) is 0 Å². The van der Waals surface area contributed by atoms with Crippen molar-refractivity contribution in [1.82, 2.24) is 0 Å². The van der Waals surface area contributed by atoms with Gasteiger partial charge in [-0.3, -0.25) is 0 Å². The Morgan fingerprint density at radius 2 is 2.00 bits per heavy atom. The zero-order valence-corrected chi connectivity index (χ0v) is 12.8. The van der Waals surface area contributed by atoms with E-state index in [0.717, 1.165) is 21.3 Å². The second-order valence-corrected chi connectivity index (χ2v) is 5.36. The van der Waals surface area contributed by atoms with Crippen molar-refractivity contribution < 1.29 is 4.74 Å². The number of benzene rings is 2. The maximum Gasteiger partial charge on any atom is 0.120 e. The van der Waals surface area contributed by atoms with Gasteiger partial charge in [-0.2, -0.15) is 0 Å². The molecule has 100 valence electrons. The molecule has 3 heteroatoms. The Labute approximate surface area is 122 Å². The third-order valence-corrected chi connectivity index (χ3v) is 3.71. The van der Waals surface area contributed by atoms with Crippen LogP contribution in [-0.2, 0) is 0 Å². The summed E-state index contributed by atoms with van der Waals surface area (Å²) in [6.45, 7) is 4.71. The van der Waals surface area contributed by atoms with Crippen LogP contribution >= 0.6 is 15.9 Å². The van der Waals surface area contributed by atoms with Crippen LogP contribution in [-0.4, -0.2) is 6.61 Å². The van der Waals surface area contributed by atoms with Crippen LogP contribution in [0.1, 0.15) is 29.7 Å². The summed E-state index contributed by atoms with van der Waals surface area (Å²) in [6.07, 6.45) is 0. The van der Waals surface area contributed by atoms with Crippen molar-refractivity contribution in [3.05, 3.63) is 63.6 Å². The third kappa shape index (κ3) is 3.37. The monoisotopic (exact) mass is 319 g/mol. The number of halogens is 1. The van der Waals surface area contributed by atoms with E-state index >= 15 is 0 Å². The molecule has 1 unspecified atom stereocenters. The summed E-state index contributed by atoms with van der Waals surface area (Å²) < 4.78 is 6.45. The van der Waals surface area contributed by atoms with Gasteiger partial charge >= 0.3 is 0 Å². The summed E-state index contributed by atoms with van der Waals surface area (Å²) in [5.41, 5.74) is 9.74. The minimum atomic E-state index is -0.134. The first-order chi connectivity index (χ1) is 9.11. The molecule has 0 bridgehead atoms. The maximum absolute atomic E-state index is 6.34. The normalized spacial score (nSPS) is 12.2. The summed E-state index contributed by atoms with van der Waals surface area (Å²) in [7, 11) is 0. The number of nitrogens with two attached hydrogens (primary N) is 1. The molecule has 0 aromatic heterocycles. The van der Waals surface area contributed by atoms with Crippen molar-refractivity contribution in [2.75, 3.05) is 6.61 Å². The first-order valence-corrected chi connectivity index (χ1v) is 7.15. The van der Waals surface area contributed by atoms with E-state index in [1.54, 1.807) is 0 Å². The van der Waals surface area contributed by atoms with Crippen molar-refractivity contribution in [3.8, 4) is 5.75 Å². The van der Waals surface area contributed by atoms with Gasteiger partial charge in [-0.1, -0.05) is 51.8 Å². The summed E-state index contributed by atoms with van der Waals surface area (Å²) in [4.78, 5) is 0. The second-order valence-electron chi connectivity index (χ2n) is 4.51. The lowest BCUT2D eigenvalue weighted by Crippen LogP contribution is -2.12. The average Bonchev–Trinajstić information content (AvgIpc) is 2.38. The molecule has 0 aliphatic carbocycles. The Hall–Kier alpha value is -1.32. The standard InChI is InChI=1S/C16H18BrNO/c1-3-19-13-7-8-14(15(17)10-13)16(18)12-6-4-5-11(2)9-12/h4-10,16H,3,18H2,1-2H3. The van der Waals surface area contributed by atoms with Crippen LogP contribution < -0.4 is 10.5 Å². The Morgan fingerprint density at radius 1 is 1.21 bits per heavy atom. The van der Waals surface area contributed by atoms with Gasteiger partial charge in [0.15, 0.2) is 0 Å². The maximum atomic E-state index is 6.34. The Balaban J connectivity index is 2.31. The zero-order chi connectivity index (χ0) is 13.8. The molecule has 2 nitrogen and oxygen atoms in total. The number of rotatable bonds is 4. The van der Waals surface area contributed by atoms with E-state index in [9.17, 15) is 0 Å². The molecule has 2 aromatic carbocycles. The molecule has 0 aliphatic rings. The quantitative estimate of drug-likeness (QED) is 0.916. The Kier molecular flexibility index (Phi) is 4.61. The molecule has 0 saturated heterocycles. The topological polar surface area (TPSA) is 35.2 Å². The van der Waals surface area contributed by atoms with Crippen molar-refractivity contribution in [2.24, 2.45) is 5.73 Å². The molecule has 0 radical (unpaired) electrons. The van der Waals surface area contributed by atoms with Crippen LogP contribution in [0, 0.1) is 6.92 Å². The highest BCUT2D eigenvalue weighted by molar-refractivity contribution is 9.10. The summed E-state index contributed by atoms with van der Waals surface area (Å²) in [5.74, 6) is 0.856. The molecule has 19 heavy (non-hydrogen) atoms. The number of aryl methyl sites for hydroxylation is 1. The van der Waals surface area contributed by atoms with Gasteiger partial charge in [0, 0.05) is 4.47 Å².